The van der Waals surface area contributed by atoms with Crippen LogP contribution in [0.15, 0.2) is 30.7 Å². The first kappa shape index (κ1) is 14.5. The minimum atomic E-state index is 0.548. The molecule has 0 radical (unpaired) electrons. The lowest BCUT2D eigenvalue weighted by molar-refractivity contribution is 0.0360. The molecule has 3 rings (SSSR count). The van der Waals surface area contributed by atoms with Crippen LogP contribution in [-0.2, 0) is 11.3 Å². The number of nitrogens with zero attached hydrogens (tertiary/aromatic N) is 5. The number of morpholine rings is 1. The summed E-state index contributed by atoms with van der Waals surface area (Å²) in [5.41, 5.74) is 1.44. The van der Waals surface area contributed by atoms with Crippen LogP contribution in [0.2, 0.25) is 0 Å². The second kappa shape index (κ2) is 7.02. The maximum Gasteiger partial charge on any atom is 0.130 e. The highest BCUT2D eigenvalue weighted by atomic mass is 16.5. The van der Waals surface area contributed by atoms with E-state index in [4.69, 9.17) is 10.00 Å². The lowest BCUT2D eigenvalue weighted by Crippen LogP contribution is -2.38. The maximum absolute atomic E-state index is 8.75. The van der Waals surface area contributed by atoms with Gasteiger partial charge in [-0.15, -0.1) is 0 Å². The van der Waals surface area contributed by atoms with Crippen LogP contribution >= 0.6 is 0 Å². The SMILES string of the molecule is N#Cc1ccc(Nc2cnn(CCN3CCOCC3)c2)nc1. The number of ether oxygens (including phenoxy) is 1. The molecule has 1 aliphatic rings. The molecule has 1 fully saturated rings. The topological polar surface area (TPSA) is 79.0 Å². The average molecular weight is 298 g/mol. The third kappa shape index (κ3) is 3.81. The summed E-state index contributed by atoms with van der Waals surface area (Å²) in [7, 11) is 0. The molecule has 0 saturated carbocycles. The minimum Gasteiger partial charge on any atom is -0.379 e. The van der Waals surface area contributed by atoms with E-state index < -0.39 is 0 Å². The van der Waals surface area contributed by atoms with Crippen LogP contribution in [0.25, 0.3) is 0 Å². The predicted octanol–water partition coefficient (Wildman–Crippen LogP) is 1.23. The van der Waals surface area contributed by atoms with Crippen molar-refractivity contribution in [3.8, 4) is 6.07 Å². The monoisotopic (exact) mass is 298 g/mol. The molecule has 0 bridgehead atoms. The van der Waals surface area contributed by atoms with E-state index in [1.54, 1.807) is 24.5 Å². The van der Waals surface area contributed by atoms with Crippen LogP contribution in [-0.4, -0.2) is 52.5 Å². The number of anilines is 2. The Kier molecular flexibility index (Phi) is 4.63. The molecular formula is C15H18N6O. The van der Waals surface area contributed by atoms with E-state index >= 15 is 0 Å². The van der Waals surface area contributed by atoms with Crippen LogP contribution in [0.1, 0.15) is 5.56 Å². The summed E-state index contributed by atoms with van der Waals surface area (Å²) < 4.78 is 7.26. The second-order valence-corrected chi connectivity index (χ2v) is 5.12. The Morgan fingerprint density at radius 2 is 2.09 bits per heavy atom. The number of hydrogen-bond acceptors (Lipinski definition) is 6. The highest BCUT2D eigenvalue weighted by molar-refractivity contribution is 5.54. The quantitative estimate of drug-likeness (QED) is 0.894. The van der Waals surface area contributed by atoms with Crippen LogP contribution in [0, 0.1) is 11.3 Å². The van der Waals surface area contributed by atoms with Gasteiger partial charge in [0.1, 0.15) is 11.9 Å². The summed E-state index contributed by atoms with van der Waals surface area (Å²) in [5.74, 6) is 0.701. The van der Waals surface area contributed by atoms with Gasteiger partial charge in [0.15, 0.2) is 0 Å². The molecule has 22 heavy (non-hydrogen) atoms. The summed E-state index contributed by atoms with van der Waals surface area (Å²) in [6.45, 7) is 5.43. The van der Waals surface area contributed by atoms with Gasteiger partial charge in [0.2, 0.25) is 0 Å². The van der Waals surface area contributed by atoms with Crippen molar-refractivity contribution in [2.45, 2.75) is 6.54 Å². The Labute approximate surface area is 129 Å². The molecule has 0 unspecified atom stereocenters. The molecule has 0 amide bonds. The van der Waals surface area contributed by atoms with Crippen molar-refractivity contribution in [2.75, 3.05) is 38.2 Å². The fraction of sp³-hybridized carbons (Fsp3) is 0.400. The average Bonchev–Trinajstić information content (AvgIpc) is 3.02. The molecule has 0 atom stereocenters. The van der Waals surface area contributed by atoms with Gasteiger partial charge in [-0.1, -0.05) is 0 Å². The molecule has 2 aromatic heterocycles. The zero-order valence-electron chi connectivity index (χ0n) is 12.3. The molecule has 0 spiro atoms. The lowest BCUT2D eigenvalue weighted by atomic mass is 10.3. The standard InChI is InChI=1S/C15H18N6O/c16-9-13-1-2-15(17-10-13)19-14-11-18-21(12-14)4-3-20-5-7-22-8-6-20/h1-2,10-12H,3-8H2,(H,17,19). The zero-order chi connectivity index (χ0) is 15.2. The van der Waals surface area contributed by atoms with Gasteiger partial charge in [-0.2, -0.15) is 10.4 Å². The van der Waals surface area contributed by atoms with Crippen LogP contribution in [0.4, 0.5) is 11.5 Å². The zero-order valence-corrected chi connectivity index (χ0v) is 12.3. The largest absolute Gasteiger partial charge is 0.379 e. The third-order valence-electron chi connectivity index (χ3n) is 3.55. The van der Waals surface area contributed by atoms with E-state index in [-0.39, 0.29) is 0 Å². The molecule has 0 aliphatic carbocycles. The Hall–Kier alpha value is -2.43. The fourth-order valence-electron chi connectivity index (χ4n) is 2.30. The first-order valence-electron chi connectivity index (χ1n) is 7.29. The number of nitrogens with one attached hydrogen (secondary N) is 1. The van der Waals surface area contributed by atoms with Crippen molar-refractivity contribution in [3.63, 3.8) is 0 Å². The van der Waals surface area contributed by atoms with Crippen LogP contribution < -0.4 is 5.32 Å². The van der Waals surface area contributed by atoms with E-state index in [0.717, 1.165) is 45.1 Å². The van der Waals surface area contributed by atoms with Gasteiger partial charge in [0.05, 0.1) is 37.2 Å². The Morgan fingerprint density at radius 1 is 1.23 bits per heavy atom. The van der Waals surface area contributed by atoms with Gasteiger partial charge in [0.25, 0.3) is 0 Å². The van der Waals surface area contributed by atoms with Gasteiger partial charge in [-0.25, -0.2) is 4.98 Å². The molecule has 0 aromatic carbocycles. The van der Waals surface area contributed by atoms with Gasteiger partial charge < -0.3 is 10.1 Å². The Bertz CT molecular complexity index is 639. The molecular weight excluding hydrogens is 280 g/mol. The molecule has 7 nitrogen and oxygen atoms in total. The van der Waals surface area contributed by atoms with Crippen molar-refractivity contribution in [1.29, 1.82) is 5.26 Å². The summed E-state index contributed by atoms with van der Waals surface area (Å²) in [5, 5.41) is 16.3. The summed E-state index contributed by atoms with van der Waals surface area (Å²) in [6.07, 6.45) is 5.28. The van der Waals surface area contributed by atoms with E-state index in [2.05, 4.69) is 20.3 Å². The third-order valence-corrected chi connectivity index (χ3v) is 3.55. The highest BCUT2D eigenvalue weighted by Crippen LogP contribution is 2.13. The van der Waals surface area contributed by atoms with Crippen LogP contribution in [0.5, 0.6) is 0 Å². The van der Waals surface area contributed by atoms with Crippen molar-refractivity contribution in [2.24, 2.45) is 0 Å². The molecule has 1 N–H and O–H groups in total. The molecule has 7 heteroatoms. The Morgan fingerprint density at radius 3 is 2.82 bits per heavy atom. The smallest absolute Gasteiger partial charge is 0.130 e. The highest BCUT2D eigenvalue weighted by Gasteiger charge is 2.10. The van der Waals surface area contributed by atoms with Gasteiger partial charge in [-0.05, 0) is 12.1 Å². The van der Waals surface area contributed by atoms with Crippen molar-refractivity contribution >= 4 is 11.5 Å². The van der Waals surface area contributed by atoms with E-state index in [1.807, 2.05) is 16.9 Å². The number of hydrogen-bond donors (Lipinski definition) is 1. The minimum absolute atomic E-state index is 0.548. The van der Waals surface area contributed by atoms with Crippen molar-refractivity contribution in [3.05, 3.63) is 36.3 Å². The molecule has 1 saturated heterocycles. The van der Waals surface area contributed by atoms with E-state index in [9.17, 15) is 0 Å². The van der Waals surface area contributed by atoms with Crippen molar-refractivity contribution < 1.29 is 4.74 Å². The van der Waals surface area contributed by atoms with E-state index in [1.165, 1.54) is 0 Å². The normalized spacial score (nSPS) is 15.4. The summed E-state index contributed by atoms with van der Waals surface area (Å²) in [4.78, 5) is 6.56. The molecule has 3 heterocycles. The van der Waals surface area contributed by atoms with Crippen molar-refractivity contribution in [1.82, 2.24) is 19.7 Å². The number of aromatic nitrogens is 3. The fourth-order valence-corrected chi connectivity index (χ4v) is 2.30. The van der Waals surface area contributed by atoms with Gasteiger partial charge in [-0.3, -0.25) is 9.58 Å². The first-order valence-corrected chi connectivity index (χ1v) is 7.29. The molecule has 1 aliphatic heterocycles. The summed E-state index contributed by atoms with van der Waals surface area (Å²) >= 11 is 0. The molecule has 114 valence electrons. The number of nitriles is 1. The first-order chi connectivity index (χ1) is 10.8. The molecule has 2 aromatic rings. The van der Waals surface area contributed by atoms with E-state index in [0.29, 0.717) is 11.4 Å². The second-order valence-electron chi connectivity index (χ2n) is 5.12. The maximum atomic E-state index is 8.75. The summed E-state index contributed by atoms with van der Waals surface area (Å²) in [6, 6.07) is 5.57. The van der Waals surface area contributed by atoms with Gasteiger partial charge in [0, 0.05) is 32.0 Å². The Balaban J connectivity index is 1.53. The predicted molar refractivity (Wildman–Crippen MR) is 81.7 cm³/mol. The van der Waals surface area contributed by atoms with Crippen LogP contribution in [0.3, 0.4) is 0 Å². The number of rotatable bonds is 5. The van der Waals surface area contributed by atoms with Gasteiger partial charge >= 0.3 is 0 Å². The number of pyridine rings is 1. The lowest BCUT2D eigenvalue weighted by Gasteiger charge is -2.26.